The molecule has 2 atom stereocenters. The third-order valence-electron chi connectivity index (χ3n) is 3.67. The fraction of sp³-hybridized carbons (Fsp3) is 0.333. The van der Waals surface area contributed by atoms with E-state index in [1.807, 2.05) is 0 Å². The van der Waals surface area contributed by atoms with Crippen molar-refractivity contribution in [2.45, 2.75) is 25.7 Å². The van der Waals surface area contributed by atoms with E-state index in [1.54, 1.807) is 31.2 Å². The maximum Gasteiger partial charge on any atom is 0.334 e. The van der Waals surface area contributed by atoms with Crippen molar-refractivity contribution in [3.8, 4) is 0 Å². The number of ether oxygens (including phenoxy) is 2. The van der Waals surface area contributed by atoms with E-state index in [4.69, 9.17) is 9.47 Å². The zero-order chi connectivity index (χ0) is 15.2. The zero-order valence-electron chi connectivity index (χ0n) is 11.7. The lowest BCUT2D eigenvalue weighted by molar-refractivity contribution is -0.162. The number of aliphatic hydroxyl groups is 1. The van der Waals surface area contributed by atoms with Crippen molar-refractivity contribution in [3.63, 3.8) is 0 Å². The number of nitrogens with zero attached hydrogens (tertiary/aromatic N) is 1. The van der Waals surface area contributed by atoms with Gasteiger partial charge in [0.05, 0.1) is 11.8 Å². The number of carbonyl (C=O) groups excluding carboxylic acids is 2. The van der Waals surface area contributed by atoms with Crippen molar-refractivity contribution in [1.82, 2.24) is 0 Å². The summed E-state index contributed by atoms with van der Waals surface area (Å²) in [6.07, 6.45) is 0.234. The number of esters is 1. The number of benzene rings is 1. The summed E-state index contributed by atoms with van der Waals surface area (Å²) in [6, 6.07) is 6.94. The maximum atomic E-state index is 12.0. The highest BCUT2D eigenvalue weighted by Gasteiger charge is 2.54. The maximum absolute atomic E-state index is 12.0. The van der Waals surface area contributed by atoms with Gasteiger partial charge < -0.3 is 14.6 Å². The van der Waals surface area contributed by atoms with E-state index in [0.29, 0.717) is 11.3 Å². The molecule has 0 fully saturated rings. The molecule has 0 spiro atoms. The van der Waals surface area contributed by atoms with Crippen LogP contribution in [0, 0.1) is 0 Å². The molecule has 2 aliphatic heterocycles. The quantitative estimate of drug-likeness (QED) is 0.722. The van der Waals surface area contributed by atoms with Crippen molar-refractivity contribution < 1.29 is 24.2 Å². The summed E-state index contributed by atoms with van der Waals surface area (Å²) >= 11 is 0. The topological polar surface area (TPSA) is 76.1 Å². The van der Waals surface area contributed by atoms with Crippen molar-refractivity contribution >= 4 is 17.6 Å². The number of anilines is 1. The van der Waals surface area contributed by atoms with Crippen LogP contribution < -0.4 is 4.90 Å². The number of allylic oxidation sites excluding steroid dienone is 1. The van der Waals surface area contributed by atoms with E-state index in [-0.39, 0.29) is 18.3 Å². The van der Waals surface area contributed by atoms with Crippen LogP contribution in [0.4, 0.5) is 5.69 Å². The van der Waals surface area contributed by atoms with E-state index >= 15 is 0 Å². The number of carbonyl (C=O) groups is 2. The number of hydrogen-bond donors (Lipinski definition) is 1. The fourth-order valence-corrected chi connectivity index (χ4v) is 2.76. The predicted molar refractivity (Wildman–Crippen MR) is 73.1 cm³/mol. The van der Waals surface area contributed by atoms with Gasteiger partial charge in [-0.3, -0.25) is 9.69 Å². The van der Waals surface area contributed by atoms with Crippen LogP contribution in [0.3, 0.4) is 0 Å². The highest BCUT2D eigenvalue weighted by atomic mass is 16.6. The fourth-order valence-electron chi connectivity index (χ4n) is 2.76. The Kier molecular flexibility index (Phi) is 2.98. The third kappa shape index (κ3) is 1.99. The third-order valence-corrected chi connectivity index (χ3v) is 3.67. The van der Waals surface area contributed by atoms with Gasteiger partial charge in [0.15, 0.2) is 5.60 Å². The van der Waals surface area contributed by atoms with Crippen LogP contribution in [-0.4, -0.2) is 29.8 Å². The van der Waals surface area contributed by atoms with Crippen LogP contribution in [0.25, 0.3) is 0 Å². The summed E-state index contributed by atoms with van der Waals surface area (Å²) in [5, 5.41) is 11.0. The Morgan fingerprint density at radius 1 is 1.43 bits per heavy atom. The number of amides is 1. The van der Waals surface area contributed by atoms with Crippen molar-refractivity contribution in [2.24, 2.45) is 0 Å². The lowest BCUT2D eigenvalue weighted by atomic mass is 9.95. The van der Waals surface area contributed by atoms with Crippen molar-refractivity contribution in [3.05, 3.63) is 41.7 Å². The summed E-state index contributed by atoms with van der Waals surface area (Å²) in [5.41, 5.74) is -0.524. The number of cyclic esters (lactones) is 1. The zero-order valence-corrected chi connectivity index (χ0v) is 11.7. The molecule has 6 nitrogen and oxygen atoms in total. The normalized spacial score (nSPS) is 30.0. The molecule has 2 unspecified atom stereocenters. The highest BCUT2D eigenvalue weighted by Crippen LogP contribution is 2.45. The van der Waals surface area contributed by atoms with Gasteiger partial charge in [-0.05, 0) is 13.0 Å². The van der Waals surface area contributed by atoms with E-state index in [2.05, 4.69) is 0 Å². The second-order valence-electron chi connectivity index (χ2n) is 5.16. The summed E-state index contributed by atoms with van der Waals surface area (Å²) in [7, 11) is 0. The van der Waals surface area contributed by atoms with E-state index in [1.165, 1.54) is 17.9 Å². The molecular weight excluding hydrogens is 274 g/mol. The summed E-state index contributed by atoms with van der Waals surface area (Å²) in [6.45, 7) is 2.70. The minimum absolute atomic E-state index is 0.261. The minimum Gasteiger partial charge on any atom is -0.471 e. The summed E-state index contributed by atoms with van der Waals surface area (Å²) in [5.74, 6) is -0.566. The molecule has 0 radical (unpaired) electrons. The molecule has 110 valence electrons. The van der Waals surface area contributed by atoms with Gasteiger partial charge in [-0.1, -0.05) is 18.2 Å². The lowest BCUT2D eigenvalue weighted by Crippen LogP contribution is -2.51. The average Bonchev–Trinajstić information content (AvgIpc) is 2.66. The Morgan fingerprint density at radius 3 is 2.86 bits per heavy atom. The van der Waals surface area contributed by atoms with Crippen LogP contribution in [-0.2, 0) is 24.7 Å². The van der Waals surface area contributed by atoms with Gasteiger partial charge in [0, 0.05) is 12.5 Å². The molecular formula is C15H15NO5. The molecule has 1 aromatic rings. The van der Waals surface area contributed by atoms with Crippen LogP contribution in [0.1, 0.15) is 19.4 Å². The number of fused-ring (bicyclic) bond motifs is 3. The SMILES string of the molecule is CC(=O)N1c2ccccc2C2(O)COC(=O)/C=C(/C)OC12. The highest BCUT2D eigenvalue weighted by molar-refractivity contribution is 5.95. The number of rotatable bonds is 0. The average molecular weight is 289 g/mol. The van der Waals surface area contributed by atoms with Crippen molar-refractivity contribution in [1.29, 1.82) is 0 Å². The molecule has 21 heavy (non-hydrogen) atoms. The van der Waals surface area contributed by atoms with E-state index < -0.39 is 17.8 Å². The first kappa shape index (κ1) is 13.6. The van der Waals surface area contributed by atoms with Crippen LogP contribution in [0.2, 0.25) is 0 Å². The molecule has 0 saturated heterocycles. The first-order valence-corrected chi connectivity index (χ1v) is 6.57. The standard InChI is InChI=1S/C15H15NO5/c1-9-7-13(18)20-8-15(19)11-5-3-4-6-12(11)16(10(2)17)14(15)21-9/h3-7,14,19H,8H2,1-2H3/b9-7-. The monoisotopic (exact) mass is 289 g/mol. The smallest absolute Gasteiger partial charge is 0.334 e. The van der Waals surface area contributed by atoms with Crippen molar-refractivity contribution in [2.75, 3.05) is 11.5 Å². The second-order valence-corrected chi connectivity index (χ2v) is 5.16. The van der Waals surface area contributed by atoms with E-state index in [9.17, 15) is 14.7 Å². The molecule has 6 heteroatoms. The Hall–Kier alpha value is -2.34. The predicted octanol–water partition coefficient (Wildman–Crippen LogP) is 1.04. The molecule has 0 aromatic heterocycles. The van der Waals surface area contributed by atoms with Crippen LogP contribution in [0.5, 0.6) is 0 Å². The molecule has 1 aromatic carbocycles. The first-order valence-electron chi connectivity index (χ1n) is 6.57. The van der Waals surface area contributed by atoms with Gasteiger partial charge in [0.25, 0.3) is 0 Å². The Balaban J connectivity index is 2.17. The molecule has 1 amide bonds. The van der Waals surface area contributed by atoms with Gasteiger partial charge in [-0.2, -0.15) is 0 Å². The van der Waals surface area contributed by atoms with E-state index in [0.717, 1.165) is 0 Å². The molecule has 0 saturated carbocycles. The molecule has 0 bridgehead atoms. The van der Waals surface area contributed by atoms with Crippen LogP contribution >= 0.6 is 0 Å². The number of para-hydroxylation sites is 1. The summed E-state index contributed by atoms with van der Waals surface area (Å²) < 4.78 is 10.7. The Labute approximate surface area is 121 Å². The molecule has 2 heterocycles. The number of hydrogen-bond acceptors (Lipinski definition) is 5. The first-order chi connectivity index (χ1) is 9.93. The Morgan fingerprint density at radius 2 is 2.14 bits per heavy atom. The second kappa shape index (κ2) is 4.60. The summed E-state index contributed by atoms with van der Waals surface area (Å²) in [4.78, 5) is 24.9. The van der Waals surface area contributed by atoms with Gasteiger partial charge in [-0.25, -0.2) is 4.79 Å². The van der Waals surface area contributed by atoms with Gasteiger partial charge in [0.2, 0.25) is 12.1 Å². The van der Waals surface area contributed by atoms with Crippen LogP contribution in [0.15, 0.2) is 36.1 Å². The van der Waals surface area contributed by atoms with Gasteiger partial charge in [0.1, 0.15) is 12.4 Å². The minimum atomic E-state index is -1.59. The lowest BCUT2D eigenvalue weighted by Gasteiger charge is -2.34. The van der Waals surface area contributed by atoms with Gasteiger partial charge in [-0.15, -0.1) is 0 Å². The molecule has 3 rings (SSSR count). The molecule has 1 N–H and O–H groups in total. The largest absolute Gasteiger partial charge is 0.471 e. The molecule has 0 aliphatic carbocycles. The van der Waals surface area contributed by atoms with Gasteiger partial charge >= 0.3 is 5.97 Å². The molecule has 2 aliphatic rings. The Bertz CT molecular complexity index is 653.